The number of carboxylic acids is 1. The second-order valence-corrected chi connectivity index (χ2v) is 4.81. The number of rotatable bonds is 7. The van der Waals surface area contributed by atoms with Gasteiger partial charge in [-0.05, 0) is 13.3 Å². The average Bonchev–Trinajstić information content (AvgIpc) is 2.53. The summed E-state index contributed by atoms with van der Waals surface area (Å²) < 4.78 is 54.5. The number of hydrogen-bond acceptors (Lipinski definition) is 6. The fraction of sp³-hybridized carbons (Fsp3) is 0.533. The van der Waals surface area contributed by atoms with Crippen LogP contribution >= 0.6 is 0 Å². The molecule has 1 atom stereocenters. The molecular weight excluding hydrogens is 347 g/mol. The smallest absolute Gasteiger partial charge is 0.434 e. The minimum Gasteiger partial charge on any atom is -0.495 e. The van der Waals surface area contributed by atoms with Crippen molar-refractivity contribution in [2.24, 2.45) is 0 Å². The lowest BCUT2D eigenvalue weighted by molar-refractivity contribution is -0.142. The van der Waals surface area contributed by atoms with Crippen LogP contribution < -0.4 is 9.47 Å². The van der Waals surface area contributed by atoms with Gasteiger partial charge in [0.25, 0.3) is 0 Å². The number of hydrogen-bond donors (Lipinski definition) is 1. The third kappa shape index (κ3) is 4.12. The lowest BCUT2D eigenvalue weighted by Crippen LogP contribution is -2.23. The highest BCUT2D eigenvalue weighted by Crippen LogP contribution is 2.44. The molecular formula is C15H18F3NO6. The van der Waals surface area contributed by atoms with Crippen LogP contribution in [0.2, 0.25) is 0 Å². The first-order chi connectivity index (χ1) is 11.6. The Labute approximate surface area is 141 Å². The molecule has 1 rings (SSSR count). The molecule has 0 saturated carbocycles. The zero-order chi connectivity index (χ0) is 19.4. The van der Waals surface area contributed by atoms with E-state index in [2.05, 4.69) is 9.72 Å². The van der Waals surface area contributed by atoms with E-state index in [4.69, 9.17) is 9.47 Å². The van der Waals surface area contributed by atoms with Gasteiger partial charge < -0.3 is 19.3 Å². The van der Waals surface area contributed by atoms with Gasteiger partial charge in [0.1, 0.15) is 11.3 Å². The number of halogens is 3. The van der Waals surface area contributed by atoms with Gasteiger partial charge in [0.2, 0.25) is 5.88 Å². The minimum absolute atomic E-state index is 0.0113. The van der Waals surface area contributed by atoms with Gasteiger partial charge in [0, 0.05) is 0 Å². The number of alkyl halides is 3. The van der Waals surface area contributed by atoms with Crippen molar-refractivity contribution in [3.8, 4) is 11.6 Å². The Bertz CT molecular complexity index is 660. The van der Waals surface area contributed by atoms with Crippen molar-refractivity contribution >= 4 is 11.9 Å². The predicted molar refractivity (Wildman–Crippen MR) is 79.0 cm³/mol. The predicted octanol–water partition coefficient (Wildman–Crippen LogP) is 2.87. The van der Waals surface area contributed by atoms with Crippen LogP contribution in [0.3, 0.4) is 0 Å². The molecule has 1 unspecified atom stereocenters. The maximum atomic E-state index is 13.4. The zero-order valence-electron chi connectivity index (χ0n) is 14.1. The van der Waals surface area contributed by atoms with Gasteiger partial charge in [0.15, 0.2) is 5.69 Å². The molecule has 1 aromatic rings. The molecule has 0 saturated heterocycles. The summed E-state index contributed by atoms with van der Waals surface area (Å²) in [5, 5.41) is 9.35. The number of carboxylic acid groups (broad SMARTS) is 1. The van der Waals surface area contributed by atoms with Crippen molar-refractivity contribution in [3.05, 3.63) is 16.8 Å². The van der Waals surface area contributed by atoms with Crippen molar-refractivity contribution in [2.75, 3.05) is 20.8 Å². The summed E-state index contributed by atoms with van der Waals surface area (Å²) in [5.74, 6) is -5.08. The maximum absolute atomic E-state index is 13.4. The van der Waals surface area contributed by atoms with Gasteiger partial charge in [-0.15, -0.1) is 0 Å². The third-order valence-corrected chi connectivity index (χ3v) is 3.35. The number of methoxy groups -OCH3 is 2. The molecule has 0 spiro atoms. The van der Waals surface area contributed by atoms with Gasteiger partial charge in [-0.25, -0.2) is 9.78 Å². The summed E-state index contributed by atoms with van der Waals surface area (Å²) >= 11 is 0. The number of aromatic nitrogens is 1. The highest BCUT2D eigenvalue weighted by molar-refractivity contribution is 5.95. The summed E-state index contributed by atoms with van der Waals surface area (Å²) in [6.45, 7) is 2.75. The standard InChI is InChI=1S/C15H18F3NO6/c1-5-7(13(20)21)8-10(23-3)9(14(22)25-6-2)11(15(16,17)18)19-12(8)24-4/h7H,5-6H2,1-4H3,(H,20,21). The van der Waals surface area contributed by atoms with Crippen molar-refractivity contribution in [1.82, 2.24) is 4.98 Å². The quantitative estimate of drug-likeness (QED) is 0.742. The number of carbonyl (C=O) groups is 2. The largest absolute Gasteiger partial charge is 0.495 e. The minimum atomic E-state index is -5.01. The van der Waals surface area contributed by atoms with Gasteiger partial charge >= 0.3 is 18.1 Å². The van der Waals surface area contributed by atoms with Crippen molar-refractivity contribution < 1.29 is 42.1 Å². The van der Waals surface area contributed by atoms with Crippen LogP contribution in [0.4, 0.5) is 13.2 Å². The Morgan fingerprint density at radius 2 is 1.80 bits per heavy atom. The van der Waals surface area contributed by atoms with Crippen molar-refractivity contribution in [2.45, 2.75) is 32.4 Å². The number of esters is 1. The van der Waals surface area contributed by atoms with Gasteiger partial charge in [-0.2, -0.15) is 13.2 Å². The summed E-state index contributed by atoms with van der Waals surface area (Å²) in [6.07, 6.45) is -5.00. The lowest BCUT2D eigenvalue weighted by atomic mass is 9.93. The molecule has 0 aliphatic heterocycles. The summed E-state index contributed by atoms with van der Waals surface area (Å²) in [7, 11) is 2.07. The maximum Gasteiger partial charge on any atom is 0.434 e. The fourth-order valence-corrected chi connectivity index (χ4v) is 2.33. The second-order valence-electron chi connectivity index (χ2n) is 4.81. The second kappa shape index (κ2) is 8.04. The molecule has 0 aliphatic carbocycles. The Morgan fingerprint density at radius 1 is 1.20 bits per heavy atom. The molecule has 1 N–H and O–H groups in total. The van der Waals surface area contributed by atoms with E-state index in [1.165, 1.54) is 13.8 Å². The third-order valence-electron chi connectivity index (χ3n) is 3.35. The molecule has 0 bridgehead atoms. The van der Waals surface area contributed by atoms with E-state index < -0.39 is 46.9 Å². The Kier molecular flexibility index (Phi) is 6.60. The zero-order valence-corrected chi connectivity index (χ0v) is 14.1. The molecule has 7 nitrogen and oxygen atoms in total. The van der Waals surface area contributed by atoms with Crippen LogP contribution in [-0.2, 0) is 15.7 Å². The molecule has 140 valence electrons. The number of pyridine rings is 1. The van der Waals surface area contributed by atoms with Crippen LogP contribution in [0.25, 0.3) is 0 Å². The number of carbonyl (C=O) groups excluding carboxylic acids is 1. The highest BCUT2D eigenvalue weighted by atomic mass is 19.4. The first kappa shape index (κ1) is 20.5. The molecule has 0 aliphatic rings. The summed E-state index contributed by atoms with van der Waals surface area (Å²) in [5.41, 5.74) is -2.80. The first-order valence-electron chi connectivity index (χ1n) is 7.26. The van der Waals surface area contributed by atoms with Crippen molar-refractivity contribution in [1.29, 1.82) is 0 Å². The van der Waals surface area contributed by atoms with E-state index in [1.54, 1.807) is 0 Å². The Morgan fingerprint density at radius 3 is 2.16 bits per heavy atom. The summed E-state index contributed by atoms with van der Waals surface area (Å²) in [6, 6.07) is 0. The Hall–Kier alpha value is -2.52. The van der Waals surface area contributed by atoms with E-state index in [9.17, 15) is 27.9 Å². The van der Waals surface area contributed by atoms with Crippen LogP contribution in [0.1, 0.15) is 47.8 Å². The molecule has 0 aromatic carbocycles. The van der Waals surface area contributed by atoms with Crippen LogP contribution in [0.15, 0.2) is 0 Å². The first-order valence-corrected chi connectivity index (χ1v) is 7.26. The normalized spacial score (nSPS) is 12.4. The van der Waals surface area contributed by atoms with Gasteiger partial charge in [-0.3, -0.25) is 4.79 Å². The van der Waals surface area contributed by atoms with Gasteiger partial charge in [-0.1, -0.05) is 6.92 Å². The molecule has 25 heavy (non-hydrogen) atoms. The van der Waals surface area contributed by atoms with E-state index in [1.807, 2.05) is 0 Å². The Balaban J connectivity index is 3.94. The van der Waals surface area contributed by atoms with Crippen LogP contribution in [0.5, 0.6) is 11.6 Å². The monoisotopic (exact) mass is 365 g/mol. The van der Waals surface area contributed by atoms with E-state index in [0.29, 0.717) is 0 Å². The van der Waals surface area contributed by atoms with E-state index in [-0.39, 0.29) is 18.6 Å². The SMILES string of the molecule is CCOC(=O)c1c(C(F)(F)F)nc(OC)c(C(CC)C(=O)O)c1OC. The van der Waals surface area contributed by atoms with Crippen LogP contribution in [-0.4, -0.2) is 42.9 Å². The van der Waals surface area contributed by atoms with Gasteiger partial charge in [0.05, 0.1) is 32.3 Å². The molecule has 0 radical (unpaired) electrons. The molecule has 0 fully saturated rings. The lowest BCUT2D eigenvalue weighted by Gasteiger charge is -2.22. The number of nitrogens with zero attached hydrogens (tertiary/aromatic N) is 1. The van der Waals surface area contributed by atoms with Crippen LogP contribution in [0, 0.1) is 0 Å². The molecule has 10 heteroatoms. The molecule has 0 amide bonds. The highest BCUT2D eigenvalue weighted by Gasteiger charge is 2.43. The molecule has 1 heterocycles. The fourth-order valence-electron chi connectivity index (χ4n) is 2.33. The average molecular weight is 365 g/mol. The molecule has 1 aromatic heterocycles. The van der Waals surface area contributed by atoms with E-state index >= 15 is 0 Å². The number of aliphatic carboxylic acids is 1. The summed E-state index contributed by atoms with van der Waals surface area (Å²) in [4.78, 5) is 26.9. The topological polar surface area (TPSA) is 95.0 Å². The van der Waals surface area contributed by atoms with Crippen molar-refractivity contribution in [3.63, 3.8) is 0 Å². The van der Waals surface area contributed by atoms with E-state index in [0.717, 1.165) is 14.2 Å². The number of ether oxygens (including phenoxy) is 3.